The first kappa shape index (κ1) is 12.2. The topological polar surface area (TPSA) is 95.5 Å². The molecule has 0 bridgehead atoms. The van der Waals surface area contributed by atoms with Crippen LogP contribution in [0.2, 0.25) is 0 Å². The molecule has 6 nitrogen and oxygen atoms in total. The summed E-state index contributed by atoms with van der Waals surface area (Å²) in [4.78, 5) is 32.8. The van der Waals surface area contributed by atoms with Crippen LogP contribution in [0.3, 0.4) is 0 Å². The van der Waals surface area contributed by atoms with E-state index in [2.05, 4.69) is 10.6 Å². The van der Waals surface area contributed by atoms with Crippen LogP contribution in [0.4, 0.5) is 0 Å². The van der Waals surface area contributed by atoms with Crippen LogP contribution < -0.4 is 10.6 Å². The van der Waals surface area contributed by atoms with Crippen molar-refractivity contribution >= 4 is 17.8 Å². The highest BCUT2D eigenvalue weighted by Crippen LogP contribution is 2.05. The van der Waals surface area contributed by atoms with Crippen molar-refractivity contribution in [3.63, 3.8) is 0 Å². The fourth-order valence-corrected chi connectivity index (χ4v) is 1.44. The van der Waals surface area contributed by atoms with E-state index in [1.807, 2.05) is 0 Å². The highest BCUT2D eigenvalue weighted by Gasteiger charge is 2.21. The molecule has 1 saturated heterocycles. The third-order valence-electron chi connectivity index (χ3n) is 2.23. The van der Waals surface area contributed by atoms with E-state index in [1.165, 1.54) is 0 Å². The van der Waals surface area contributed by atoms with Crippen molar-refractivity contribution in [2.24, 2.45) is 0 Å². The standard InChI is InChI=1S/C10H14N2O4/c13-8(4-5-9(14)15)12-7-3-1-2-6-11-10(7)16/h4-5,7H,1-3,6H2,(H,11,16)(H,12,13)(H,14,15). The van der Waals surface area contributed by atoms with Crippen molar-refractivity contribution < 1.29 is 19.5 Å². The number of carboxylic acids is 1. The molecule has 0 saturated carbocycles. The molecule has 0 aliphatic carbocycles. The first-order valence-corrected chi connectivity index (χ1v) is 5.09. The fourth-order valence-electron chi connectivity index (χ4n) is 1.44. The van der Waals surface area contributed by atoms with Gasteiger partial charge in [-0.15, -0.1) is 0 Å². The molecule has 1 rings (SSSR count). The van der Waals surface area contributed by atoms with Crippen LogP contribution in [-0.2, 0) is 14.4 Å². The van der Waals surface area contributed by atoms with E-state index in [0.29, 0.717) is 13.0 Å². The van der Waals surface area contributed by atoms with Gasteiger partial charge in [0.05, 0.1) is 0 Å². The number of carboxylic acid groups (broad SMARTS) is 1. The lowest BCUT2D eigenvalue weighted by Crippen LogP contribution is -2.44. The zero-order chi connectivity index (χ0) is 12.0. The zero-order valence-electron chi connectivity index (χ0n) is 8.73. The number of amides is 2. The van der Waals surface area contributed by atoms with E-state index in [9.17, 15) is 14.4 Å². The van der Waals surface area contributed by atoms with Crippen LogP contribution in [0.5, 0.6) is 0 Å². The Balaban J connectivity index is 2.48. The molecule has 1 atom stereocenters. The summed E-state index contributed by atoms with van der Waals surface area (Å²) >= 11 is 0. The van der Waals surface area contributed by atoms with Gasteiger partial charge in [-0.3, -0.25) is 9.59 Å². The zero-order valence-corrected chi connectivity index (χ0v) is 8.73. The number of carbonyl (C=O) groups is 3. The van der Waals surface area contributed by atoms with E-state index in [0.717, 1.165) is 25.0 Å². The predicted octanol–water partition coefficient (Wildman–Crippen LogP) is -0.588. The van der Waals surface area contributed by atoms with E-state index < -0.39 is 17.9 Å². The highest BCUT2D eigenvalue weighted by atomic mass is 16.4. The van der Waals surface area contributed by atoms with Crippen LogP contribution >= 0.6 is 0 Å². The lowest BCUT2D eigenvalue weighted by Gasteiger charge is -2.13. The van der Waals surface area contributed by atoms with Gasteiger partial charge >= 0.3 is 5.97 Å². The second-order valence-electron chi connectivity index (χ2n) is 3.52. The lowest BCUT2D eigenvalue weighted by atomic mass is 10.1. The molecule has 16 heavy (non-hydrogen) atoms. The Kier molecular flexibility index (Phi) is 4.50. The van der Waals surface area contributed by atoms with E-state index in [4.69, 9.17) is 5.11 Å². The van der Waals surface area contributed by atoms with Gasteiger partial charge in [-0.05, 0) is 19.3 Å². The second-order valence-corrected chi connectivity index (χ2v) is 3.52. The van der Waals surface area contributed by atoms with Crippen LogP contribution in [0.25, 0.3) is 0 Å². The maximum Gasteiger partial charge on any atom is 0.328 e. The molecule has 0 spiro atoms. The summed E-state index contributed by atoms with van der Waals surface area (Å²) in [5.41, 5.74) is 0. The maximum absolute atomic E-state index is 11.4. The molecule has 2 amide bonds. The third-order valence-corrected chi connectivity index (χ3v) is 2.23. The quantitative estimate of drug-likeness (QED) is 0.560. The minimum absolute atomic E-state index is 0.213. The summed E-state index contributed by atoms with van der Waals surface area (Å²) in [6, 6.07) is -0.562. The van der Waals surface area contributed by atoms with Crippen molar-refractivity contribution in [2.75, 3.05) is 6.54 Å². The Morgan fingerprint density at radius 3 is 2.81 bits per heavy atom. The van der Waals surface area contributed by atoms with Crippen molar-refractivity contribution in [3.05, 3.63) is 12.2 Å². The minimum atomic E-state index is -1.19. The van der Waals surface area contributed by atoms with E-state index in [1.54, 1.807) is 0 Å². The van der Waals surface area contributed by atoms with Gasteiger partial charge < -0.3 is 15.7 Å². The SMILES string of the molecule is O=C(O)C=CC(=O)NC1CCCCNC1=O. The molecule has 1 aliphatic heterocycles. The molecule has 1 unspecified atom stereocenters. The number of carbonyl (C=O) groups excluding carboxylic acids is 2. The Labute approximate surface area is 92.7 Å². The van der Waals surface area contributed by atoms with Gasteiger partial charge in [-0.2, -0.15) is 0 Å². The third kappa shape index (κ3) is 4.12. The van der Waals surface area contributed by atoms with Crippen molar-refractivity contribution in [1.82, 2.24) is 10.6 Å². The summed E-state index contributed by atoms with van der Waals surface area (Å²) in [5.74, 6) is -1.97. The lowest BCUT2D eigenvalue weighted by molar-refractivity contribution is -0.131. The number of hydrogen-bond acceptors (Lipinski definition) is 3. The summed E-state index contributed by atoms with van der Waals surface area (Å²) in [6.45, 7) is 0.621. The van der Waals surface area contributed by atoms with E-state index in [-0.39, 0.29) is 5.91 Å². The normalized spacial score (nSPS) is 21.2. The summed E-state index contributed by atoms with van der Waals surface area (Å²) in [6.07, 6.45) is 3.97. The number of rotatable bonds is 3. The van der Waals surface area contributed by atoms with Gasteiger partial charge in [-0.1, -0.05) is 0 Å². The average Bonchev–Trinajstić information content (AvgIpc) is 2.42. The Morgan fingerprint density at radius 1 is 1.38 bits per heavy atom. The molecular weight excluding hydrogens is 212 g/mol. The molecule has 1 aliphatic rings. The van der Waals surface area contributed by atoms with Crippen molar-refractivity contribution in [3.8, 4) is 0 Å². The van der Waals surface area contributed by atoms with Gasteiger partial charge in [0.2, 0.25) is 11.8 Å². The van der Waals surface area contributed by atoms with Crippen LogP contribution in [0.1, 0.15) is 19.3 Å². The summed E-state index contributed by atoms with van der Waals surface area (Å²) in [5, 5.41) is 13.5. The number of nitrogens with one attached hydrogen (secondary N) is 2. The van der Waals surface area contributed by atoms with Gasteiger partial charge in [-0.25, -0.2) is 4.79 Å². The molecule has 0 aromatic carbocycles. The van der Waals surface area contributed by atoms with Gasteiger partial charge in [0.1, 0.15) is 6.04 Å². The number of hydrogen-bond donors (Lipinski definition) is 3. The Hall–Kier alpha value is -1.85. The molecule has 3 N–H and O–H groups in total. The molecule has 1 heterocycles. The van der Waals surface area contributed by atoms with Crippen molar-refractivity contribution in [1.29, 1.82) is 0 Å². The van der Waals surface area contributed by atoms with Gasteiger partial charge in [0.25, 0.3) is 0 Å². The summed E-state index contributed by atoms with van der Waals surface area (Å²) in [7, 11) is 0. The van der Waals surface area contributed by atoms with Crippen LogP contribution in [-0.4, -0.2) is 35.5 Å². The van der Waals surface area contributed by atoms with Crippen LogP contribution in [0.15, 0.2) is 12.2 Å². The fraction of sp³-hybridized carbons (Fsp3) is 0.500. The molecule has 1 fully saturated rings. The molecule has 0 aromatic rings. The monoisotopic (exact) mass is 226 g/mol. The molecule has 0 aromatic heterocycles. The first-order valence-electron chi connectivity index (χ1n) is 5.09. The van der Waals surface area contributed by atoms with Crippen molar-refractivity contribution in [2.45, 2.75) is 25.3 Å². The first-order chi connectivity index (χ1) is 7.59. The number of aliphatic carboxylic acids is 1. The Morgan fingerprint density at radius 2 is 2.12 bits per heavy atom. The second kappa shape index (κ2) is 5.89. The van der Waals surface area contributed by atoms with E-state index >= 15 is 0 Å². The minimum Gasteiger partial charge on any atom is -0.478 e. The summed E-state index contributed by atoms with van der Waals surface area (Å²) < 4.78 is 0. The van der Waals surface area contributed by atoms with Crippen LogP contribution in [0, 0.1) is 0 Å². The highest BCUT2D eigenvalue weighted by molar-refractivity contribution is 5.96. The molecule has 6 heteroatoms. The maximum atomic E-state index is 11.4. The molecule has 0 radical (unpaired) electrons. The predicted molar refractivity (Wildman–Crippen MR) is 55.6 cm³/mol. The van der Waals surface area contributed by atoms with Gasteiger partial charge in [0, 0.05) is 18.7 Å². The molecule has 88 valence electrons. The smallest absolute Gasteiger partial charge is 0.328 e. The van der Waals surface area contributed by atoms with Gasteiger partial charge in [0.15, 0.2) is 0 Å². The average molecular weight is 226 g/mol. The largest absolute Gasteiger partial charge is 0.478 e. The Bertz CT molecular complexity index is 325. The molecular formula is C10H14N2O4.